The molecule has 0 aliphatic carbocycles. The number of Topliss-reactive ketones (excluding diaryl/α,β-unsaturated/α-hetero) is 1. The molecule has 0 saturated heterocycles. The molecule has 0 fully saturated rings. The number of rotatable bonds is 5. The van der Waals surface area contributed by atoms with Crippen molar-refractivity contribution >= 4 is 17.6 Å². The molecule has 0 saturated carbocycles. The number of carbonyl (C=O) groups is 3. The molecule has 2 aromatic rings. The molecule has 0 aliphatic heterocycles. The van der Waals surface area contributed by atoms with E-state index in [4.69, 9.17) is 4.42 Å². The van der Waals surface area contributed by atoms with Crippen molar-refractivity contribution in [3.8, 4) is 0 Å². The molecule has 7 heteroatoms. The standard InChI is InChI=1S/C15H13FN2O4/c16-11-5-3-10(4-6-11)12(19)7-8-14(20)17-18-15(21)13-2-1-9-22-13/h1-6,9H,7-8H2,(H,17,20)(H,18,21). The topological polar surface area (TPSA) is 88.4 Å². The van der Waals surface area contributed by atoms with Crippen LogP contribution in [0.4, 0.5) is 4.39 Å². The summed E-state index contributed by atoms with van der Waals surface area (Å²) in [5, 5.41) is 0. The number of ketones is 1. The minimum Gasteiger partial charge on any atom is -0.459 e. The predicted octanol–water partition coefficient (Wildman–Crippen LogP) is 1.84. The first-order valence-corrected chi connectivity index (χ1v) is 6.47. The van der Waals surface area contributed by atoms with E-state index < -0.39 is 17.6 Å². The Balaban J connectivity index is 1.74. The fourth-order valence-electron chi connectivity index (χ4n) is 1.67. The third-order valence-corrected chi connectivity index (χ3v) is 2.81. The van der Waals surface area contributed by atoms with Gasteiger partial charge in [0, 0.05) is 18.4 Å². The number of halogens is 1. The number of hydrazine groups is 1. The van der Waals surface area contributed by atoms with E-state index in [-0.39, 0.29) is 24.4 Å². The molecular formula is C15H13FN2O4. The Labute approximate surface area is 125 Å². The second-order valence-electron chi connectivity index (χ2n) is 4.41. The highest BCUT2D eigenvalue weighted by Crippen LogP contribution is 2.07. The SMILES string of the molecule is O=C(CCC(=O)c1ccc(F)cc1)NNC(=O)c1ccco1. The van der Waals surface area contributed by atoms with Gasteiger partial charge in [0.25, 0.3) is 0 Å². The first-order valence-electron chi connectivity index (χ1n) is 6.47. The zero-order chi connectivity index (χ0) is 15.9. The summed E-state index contributed by atoms with van der Waals surface area (Å²) in [5.74, 6) is -1.77. The number of benzene rings is 1. The van der Waals surface area contributed by atoms with Crippen LogP contribution in [-0.2, 0) is 4.79 Å². The third kappa shape index (κ3) is 4.27. The van der Waals surface area contributed by atoms with Crippen LogP contribution in [0.25, 0.3) is 0 Å². The Morgan fingerprint density at radius 3 is 2.36 bits per heavy atom. The molecule has 1 aromatic carbocycles. The molecule has 2 N–H and O–H groups in total. The van der Waals surface area contributed by atoms with Gasteiger partial charge in [-0.05, 0) is 36.4 Å². The molecule has 0 spiro atoms. The minimum atomic E-state index is -0.594. The van der Waals surface area contributed by atoms with E-state index in [0.717, 1.165) is 0 Å². The van der Waals surface area contributed by atoms with Crippen LogP contribution in [0.5, 0.6) is 0 Å². The number of hydrogen-bond donors (Lipinski definition) is 2. The molecule has 0 bridgehead atoms. The smallest absolute Gasteiger partial charge is 0.305 e. The summed E-state index contributed by atoms with van der Waals surface area (Å²) in [6.07, 6.45) is 1.18. The monoisotopic (exact) mass is 304 g/mol. The van der Waals surface area contributed by atoms with Crippen LogP contribution in [0, 0.1) is 5.82 Å². The quantitative estimate of drug-likeness (QED) is 0.651. The summed E-state index contributed by atoms with van der Waals surface area (Å²) in [6, 6.07) is 8.05. The predicted molar refractivity (Wildman–Crippen MR) is 74.3 cm³/mol. The van der Waals surface area contributed by atoms with Gasteiger partial charge in [-0.3, -0.25) is 25.2 Å². The first kappa shape index (κ1) is 15.4. The van der Waals surface area contributed by atoms with Crippen LogP contribution >= 0.6 is 0 Å². The fraction of sp³-hybridized carbons (Fsp3) is 0.133. The maximum atomic E-state index is 12.7. The van der Waals surface area contributed by atoms with E-state index in [0.29, 0.717) is 5.56 Å². The van der Waals surface area contributed by atoms with Gasteiger partial charge in [-0.25, -0.2) is 4.39 Å². The highest BCUT2D eigenvalue weighted by molar-refractivity contribution is 5.98. The van der Waals surface area contributed by atoms with E-state index in [1.54, 1.807) is 0 Å². The maximum absolute atomic E-state index is 12.7. The average molecular weight is 304 g/mol. The van der Waals surface area contributed by atoms with Crippen LogP contribution < -0.4 is 10.9 Å². The zero-order valence-electron chi connectivity index (χ0n) is 11.5. The van der Waals surface area contributed by atoms with Gasteiger partial charge in [-0.2, -0.15) is 0 Å². The molecule has 0 aliphatic rings. The Kier molecular flexibility index (Phi) is 5.02. The summed E-state index contributed by atoms with van der Waals surface area (Å²) < 4.78 is 17.6. The first-order chi connectivity index (χ1) is 10.6. The Morgan fingerprint density at radius 2 is 1.73 bits per heavy atom. The van der Waals surface area contributed by atoms with Crippen molar-refractivity contribution in [2.75, 3.05) is 0 Å². The van der Waals surface area contributed by atoms with Gasteiger partial charge >= 0.3 is 5.91 Å². The Bertz CT molecular complexity index is 665. The average Bonchev–Trinajstić information content (AvgIpc) is 3.05. The molecular weight excluding hydrogens is 291 g/mol. The van der Waals surface area contributed by atoms with Gasteiger partial charge < -0.3 is 4.42 Å². The number of furan rings is 1. The molecule has 1 aromatic heterocycles. The molecule has 2 amide bonds. The minimum absolute atomic E-state index is 0.0475. The lowest BCUT2D eigenvalue weighted by molar-refractivity contribution is -0.121. The van der Waals surface area contributed by atoms with Gasteiger partial charge in [0.05, 0.1) is 6.26 Å². The van der Waals surface area contributed by atoms with E-state index in [1.807, 2.05) is 0 Å². The molecule has 114 valence electrons. The van der Waals surface area contributed by atoms with Crippen molar-refractivity contribution in [2.45, 2.75) is 12.8 Å². The summed E-state index contributed by atoms with van der Waals surface area (Å²) in [4.78, 5) is 34.8. The highest BCUT2D eigenvalue weighted by Gasteiger charge is 2.12. The van der Waals surface area contributed by atoms with E-state index in [9.17, 15) is 18.8 Å². The maximum Gasteiger partial charge on any atom is 0.305 e. The number of nitrogens with one attached hydrogen (secondary N) is 2. The number of hydrogen-bond acceptors (Lipinski definition) is 4. The van der Waals surface area contributed by atoms with Crippen molar-refractivity contribution in [2.24, 2.45) is 0 Å². The third-order valence-electron chi connectivity index (χ3n) is 2.81. The fourth-order valence-corrected chi connectivity index (χ4v) is 1.67. The summed E-state index contributed by atoms with van der Waals surface area (Å²) in [7, 11) is 0. The second-order valence-corrected chi connectivity index (χ2v) is 4.41. The number of amides is 2. The normalized spacial score (nSPS) is 10.0. The van der Waals surface area contributed by atoms with Crippen molar-refractivity contribution in [3.63, 3.8) is 0 Å². The van der Waals surface area contributed by atoms with Crippen LogP contribution in [0.3, 0.4) is 0 Å². The van der Waals surface area contributed by atoms with Gasteiger partial charge in [-0.15, -0.1) is 0 Å². The number of carbonyl (C=O) groups excluding carboxylic acids is 3. The van der Waals surface area contributed by atoms with Gasteiger partial charge in [0.1, 0.15) is 5.82 Å². The molecule has 0 radical (unpaired) electrons. The molecule has 0 atom stereocenters. The van der Waals surface area contributed by atoms with Crippen molar-refractivity contribution < 1.29 is 23.2 Å². The largest absolute Gasteiger partial charge is 0.459 e. The lowest BCUT2D eigenvalue weighted by Gasteiger charge is -2.05. The summed E-state index contributed by atoms with van der Waals surface area (Å²) in [5.41, 5.74) is 4.67. The molecule has 22 heavy (non-hydrogen) atoms. The van der Waals surface area contributed by atoms with Crippen LogP contribution in [0.2, 0.25) is 0 Å². The van der Waals surface area contributed by atoms with Crippen LogP contribution in [-0.4, -0.2) is 17.6 Å². The highest BCUT2D eigenvalue weighted by atomic mass is 19.1. The lowest BCUT2D eigenvalue weighted by atomic mass is 10.1. The van der Waals surface area contributed by atoms with Gasteiger partial charge in [0.15, 0.2) is 11.5 Å². The van der Waals surface area contributed by atoms with E-state index in [2.05, 4.69) is 10.9 Å². The van der Waals surface area contributed by atoms with Crippen molar-refractivity contribution in [1.82, 2.24) is 10.9 Å². The zero-order valence-corrected chi connectivity index (χ0v) is 11.5. The van der Waals surface area contributed by atoms with Gasteiger partial charge in [-0.1, -0.05) is 0 Å². The second kappa shape index (κ2) is 7.16. The molecule has 6 nitrogen and oxygen atoms in total. The summed E-state index contributed by atoms with van der Waals surface area (Å²) >= 11 is 0. The Hall–Kier alpha value is -2.96. The molecule has 1 heterocycles. The molecule has 0 unspecified atom stereocenters. The van der Waals surface area contributed by atoms with Crippen molar-refractivity contribution in [1.29, 1.82) is 0 Å². The van der Waals surface area contributed by atoms with Crippen LogP contribution in [0.15, 0.2) is 47.1 Å². The Morgan fingerprint density at radius 1 is 1.00 bits per heavy atom. The van der Waals surface area contributed by atoms with Crippen molar-refractivity contribution in [3.05, 3.63) is 59.8 Å². The van der Waals surface area contributed by atoms with E-state index in [1.165, 1.54) is 42.7 Å². The van der Waals surface area contributed by atoms with Gasteiger partial charge in [0.2, 0.25) is 5.91 Å². The molecule has 2 rings (SSSR count). The van der Waals surface area contributed by atoms with Crippen LogP contribution in [0.1, 0.15) is 33.8 Å². The lowest BCUT2D eigenvalue weighted by Crippen LogP contribution is -2.41. The summed E-state index contributed by atoms with van der Waals surface area (Å²) in [6.45, 7) is 0. The van der Waals surface area contributed by atoms with E-state index >= 15 is 0 Å².